The Labute approximate surface area is 182 Å². The molecular formula is C24H28N4O3. The van der Waals surface area contributed by atoms with Gasteiger partial charge in [0.2, 0.25) is 5.91 Å². The Bertz CT molecular complexity index is 1060. The number of nitrogens with zero attached hydrogens (tertiary/aromatic N) is 4. The molecule has 0 saturated heterocycles. The normalized spacial score (nSPS) is 18.0. The summed E-state index contributed by atoms with van der Waals surface area (Å²) < 4.78 is 7.39. The van der Waals surface area contributed by atoms with Gasteiger partial charge < -0.3 is 14.2 Å². The van der Waals surface area contributed by atoms with Gasteiger partial charge in [-0.15, -0.1) is 0 Å². The first kappa shape index (κ1) is 21.0. The number of benzene rings is 1. The summed E-state index contributed by atoms with van der Waals surface area (Å²) in [7, 11) is 0. The lowest BCUT2D eigenvalue weighted by atomic mass is 10.0. The van der Waals surface area contributed by atoms with Crippen molar-refractivity contribution in [3.05, 3.63) is 36.2 Å². The third-order valence-corrected chi connectivity index (χ3v) is 5.82. The van der Waals surface area contributed by atoms with Gasteiger partial charge in [-0.3, -0.25) is 9.69 Å². The van der Waals surface area contributed by atoms with Crippen molar-refractivity contribution in [1.29, 1.82) is 5.26 Å². The van der Waals surface area contributed by atoms with E-state index in [1.807, 2.05) is 67.6 Å². The van der Waals surface area contributed by atoms with E-state index in [2.05, 4.69) is 6.07 Å². The number of aryl methyl sites for hydroxylation is 1. The van der Waals surface area contributed by atoms with Crippen molar-refractivity contribution in [2.45, 2.75) is 59.2 Å². The first-order valence-corrected chi connectivity index (χ1v) is 10.8. The van der Waals surface area contributed by atoms with Gasteiger partial charge in [0.1, 0.15) is 6.54 Å². The van der Waals surface area contributed by atoms with Gasteiger partial charge in [-0.25, -0.2) is 4.79 Å². The topological polar surface area (TPSA) is 78.6 Å². The zero-order valence-corrected chi connectivity index (χ0v) is 18.5. The van der Waals surface area contributed by atoms with Gasteiger partial charge in [0, 0.05) is 24.4 Å². The molecule has 1 fully saturated rings. The molecule has 0 unspecified atom stereocenters. The van der Waals surface area contributed by atoms with Gasteiger partial charge >= 0.3 is 6.09 Å². The number of nitriles is 1. The number of carbonyl (C=O) groups is 2. The number of fused-ring (bicyclic) bond motifs is 1. The number of hydrogen-bond donors (Lipinski definition) is 0. The average molecular weight is 421 g/mol. The molecule has 4 rings (SSSR count). The zero-order chi connectivity index (χ0) is 22.3. The molecule has 1 aliphatic carbocycles. The van der Waals surface area contributed by atoms with Gasteiger partial charge in [-0.05, 0) is 69.9 Å². The van der Waals surface area contributed by atoms with E-state index in [0.717, 1.165) is 35.3 Å². The molecule has 0 spiro atoms. The maximum absolute atomic E-state index is 13.0. The molecule has 1 atom stereocenters. The van der Waals surface area contributed by atoms with Crippen LogP contribution in [0.25, 0.3) is 11.1 Å². The van der Waals surface area contributed by atoms with Crippen molar-refractivity contribution in [2.75, 3.05) is 16.3 Å². The molecule has 0 N–H and O–H groups in total. The first-order chi connectivity index (χ1) is 14.8. The summed E-state index contributed by atoms with van der Waals surface area (Å²) in [5.41, 5.74) is 4.31. The lowest BCUT2D eigenvalue weighted by molar-refractivity contribution is -0.120. The number of carbonyl (C=O) groups excluding carboxylic acids is 2. The smallest absolute Gasteiger partial charge is 0.414 e. The number of anilines is 2. The molecule has 2 heterocycles. The van der Waals surface area contributed by atoms with Crippen molar-refractivity contribution >= 4 is 23.4 Å². The molecule has 7 heteroatoms. The van der Waals surface area contributed by atoms with E-state index in [0.29, 0.717) is 12.2 Å². The number of rotatable bonds is 4. The van der Waals surface area contributed by atoms with Crippen LogP contribution in [-0.4, -0.2) is 35.3 Å². The molecule has 0 radical (unpaired) electrons. The van der Waals surface area contributed by atoms with E-state index in [4.69, 9.17) is 10.00 Å². The molecule has 31 heavy (non-hydrogen) atoms. The highest BCUT2D eigenvalue weighted by atomic mass is 16.6. The molecule has 7 nitrogen and oxygen atoms in total. The molecule has 1 aromatic carbocycles. The fourth-order valence-electron chi connectivity index (χ4n) is 4.12. The maximum atomic E-state index is 13.0. The second kappa shape index (κ2) is 8.10. The van der Waals surface area contributed by atoms with Crippen molar-refractivity contribution in [2.24, 2.45) is 5.92 Å². The standard InChI is InChI=1S/C24H28N4O3/c1-15(2)31-24(30)27-13-17(4)28(23(29)18-5-6-18)21-8-7-19(12-22(21)27)20-11-16(3)26(14-20)10-9-25/h7-8,11-12,14-15,17-18H,5-6,10,13H2,1-4H3/t17-/m0/s1. The maximum Gasteiger partial charge on any atom is 0.414 e. The van der Waals surface area contributed by atoms with Crippen LogP contribution in [0.4, 0.5) is 16.2 Å². The van der Waals surface area contributed by atoms with Crippen molar-refractivity contribution in [3.8, 4) is 17.2 Å². The van der Waals surface area contributed by atoms with E-state index >= 15 is 0 Å². The molecule has 162 valence electrons. The molecule has 1 aliphatic heterocycles. The van der Waals surface area contributed by atoms with E-state index in [1.54, 1.807) is 4.90 Å². The minimum atomic E-state index is -0.406. The molecule has 2 amide bonds. The number of hydrogen-bond acceptors (Lipinski definition) is 4. The van der Waals surface area contributed by atoms with E-state index in [9.17, 15) is 9.59 Å². The molecule has 0 bridgehead atoms. The summed E-state index contributed by atoms with van der Waals surface area (Å²) in [6, 6.07) is 9.90. The highest BCUT2D eigenvalue weighted by molar-refractivity contribution is 6.05. The summed E-state index contributed by atoms with van der Waals surface area (Å²) in [5.74, 6) is 0.223. The second-order valence-electron chi connectivity index (χ2n) is 8.73. The third kappa shape index (κ3) is 4.02. The molecule has 2 aliphatic rings. The highest BCUT2D eigenvalue weighted by Gasteiger charge is 2.41. The number of aromatic nitrogens is 1. The summed E-state index contributed by atoms with van der Waals surface area (Å²) in [6.07, 6.45) is 3.16. The largest absolute Gasteiger partial charge is 0.446 e. The van der Waals surface area contributed by atoms with Crippen LogP contribution in [-0.2, 0) is 16.1 Å². The summed E-state index contributed by atoms with van der Waals surface area (Å²) in [5, 5.41) is 9.04. The Kier molecular flexibility index (Phi) is 5.48. The first-order valence-electron chi connectivity index (χ1n) is 10.8. The highest BCUT2D eigenvalue weighted by Crippen LogP contribution is 2.42. The van der Waals surface area contributed by atoms with Gasteiger partial charge in [-0.2, -0.15) is 5.26 Å². The van der Waals surface area contributed by atoms with Gasteiger partial charge in [-0.1, -0.05) is 6.07 Å². The van der Waals surface area contributed by atoms with E-state index in [-0.39, 0.29) is 30.5 Å². The van der Waals surface area contributed by atoms with Crippen molar-refractivity contribution in [1.82, 2.24) is 4.57 Å². The zero-order valence-electron chi connectivity index (χ0n) is 18.5. The lowest BCUT2D eigenvalue weighted by Crippen LogP contribution is -2.52. The Morgan fingerprint density at radius 2 is 1.94 bits per heavy atom. The predicted molar refractivity (Wildman–Crippen MR) is 119 cm³/mol. The van der Waals surface area contributed by atoms with Crippen LogP contribution in [0.1, 0.15) is 39.3 Å². The summed E-state index contributed by atoms with van der Waals surface area (Å²) >= 11 is 0. The fourth-order valence-corrected chi connectivity index (χ4v) is 4.12. The Hall–Kier alpha value is -3.27. The Balaban J connectivity index is 1.78. The Morgan fingerprint density at radius 3 is 2.58 bits per heavy atom. The van der Waals surface area contributed by atoms with Crippen LogP contribution in [0.5, 0.6) is 0 Å². The lowest BCUT2D eigenvalue weighted by Gasteiger charge is -2.41. The third-order valence-electron chi connectivity index (χ3n) is 5.82. The van der Waals surface area contributed by atoms with Gasteiger partial charge in [0.05, 0.1) is 29.6 Å². The number of ether oxygens (including phenoxy) is 1. The molecular weight excluding hydrogens is 392 g/mol. The minimum Gasteiger partial charge on any atom is -0.446 e. The van der Waals surface area contributed by atoms with Crippen LogP contribution >= 0.6 is 0 Å². The van der Waals surface area contributed by atoms with Crippen molar-refractivity contribution in [3.63, 3.8) is 0 Å². The average Bonchev–Trinajstić information content (AvgIpc) is 3.50. The van der Waals surface area contributed by atoms with Crippen LogP contribution in [0.2, 0.25) is 0 Å². The van der Waals surface area contributed by atoms with Crippen LogP contribution < -0.4 is 9.80 Å². The summed E-state index contributed by atoms with van der Waals surface area (Å²) in [4.78, 5) is 29.4. The van der Waals surface area contributed by atoms with E-state index < -0.39 is 6.09 Å². The monoisotopic (exact) mass is 420 g/mol. The second-order valence-corrected chi connectivity index (χ2v) is 8.73. The van der Waals surface area contributed by atoms with Crippen LogP contribution in [0, 0.1) is 24.2 Å². The van der Waals surface area contributed by atoms with Crippen molar-refractivity contribution < 1.29 is 14.3 Å². The molecule has 2 aromatic rings. The molecule has 1 saturated carbocycles. The van der Waals surface area contributed by atoms with Gasteiger partial charge in [0.25, 0.3) is 0 Å². The number of amides is 2. The molecule has 1 aromatic heterocycles. The Morgan fingerprint density at radius 1 is 1.19 bits per heavy atom. The predicted octanol–water partition coefficient (Wildman–Crippen LogP) is 4.48. The SMILES string of the molecule is Cc1cc(-c2ccc3c(c2)N(C(=O)OC(C)C)C[C@H](C)N3C(=O)C2CC2)cn1CC#N. The minimum absolute atomic E-state index is 0.0896. The van der Waals surface area contributed by atoms with Crippen LogP contribution in [0.3, 0.4) is 0 Å². The van der Waals surface area contributed by atoms with Gasteiger partial charge in [0.15, 0.2) is 0 Å². The quantitative estimate of drug-likeness (QED) is 0.730. The van der Waals surface area contributed by atoms with Crippen LogP contribution in [0.15, 0.2) is 30.5 Å². The van der Waals surface area contributed by atoms with E-state index in [1.165, 1.54) is 0 Å². The fraction of sp³-hybridized carbons (Fsp3) is 0.458. The summed E-state index contributed by atoms with van der Waals surface area (Å²) in [6.45, 7) is 8.25.